The molecule has 6 nitrogen and oxygen atoms in total. The lowest BCUT2D eigenvalue weighted by Crippen LogP contribution is -2.18. The van der Waals surface area contributed by atoms with Gasteiger partial charge >= 0.3 is 12.4 Å². The summed E-state index contributed by atoms with van der Waals surface area (Å²) in [5, 5.41) is 3.85. The van der Waals surface area contributed by atoms with Gasteiger partial charge in [0.2, 0.25) is 0 Å². The van der Waals surface area contributed by atoms with Crippen molar-refractivity contribution in [2.24, 2.45) is 0 Å². The zero-order valence-electron chi connectivity index (χ0n) is 16.1. The molecule has 0 aliphatic carbocycles. The molecule has 0 saturated carbocycles. The van der Waals surface area contributed by atoms with E-state index in [0.29, 0.717) is 17.9 Å². The smallest absolute Gasteiger partial charge is 0.433 e. The fourth-order valence-electron chi connectivity index (χ4n) is 2.86. The summed E-state index contributed by atoms with van der Waals surface area (Å²) in [5.41, 5.74) is -2.98. The molecule has 1 aromatic carbocycles. The number of nitrogens with zero attached hydrogens (tertiary/aromatic N) is 4. The molecule has 12 heteroatoms. The number of benzene rings is 1. The van der Waals surface area contributed by atoms with Crippen molar-refractivity contribution in [2.45, 2.75) is 12.4 Å². The first kappa shape index (κ1) is 21.4. The fourth-order valence-corrected chi connectivity index (χ4v) is 2.86. The van der Waals surface area contributed by atoms with E-state index in [4.69, 9.17) is 9.15 Å². The maximum Gasteiger partial charge on any atom is 0.433 e. The molecule has 166 valence electrons. The van der Waals surface area contributed by atoms with E-state index >= 15 is 0 Å². The lowest BCUT2D eigenvalue weighted by atomic mass is 10.1. The number of methoxy groups -OCH3 is 1. The highest BCUT2D eigenvalue weighted by Crippen LogP contribution is 2.36. The third kappa shape index (κ3) is 4.15. The summed E-state index contributed by atoms with van der Waals surface area (Å²) >= 11 is 0. The van der Waals surface area contributed by atoms with E-state index in [1.807, 2.05) is 0 Å². The maximum absolute atomic E-state index is 13.7. The van der Waals surface area contributed by atoms with Crippen LogP contribution < -0.4 is 4.74 Å². The molecule has 4 aromatic rings. The topological polar surface area (TPSA) is 66.0 Å². The second-order valence-electron chi connectivity index (χ2n) is 6.47. The maximum atomic E-state index is 13.7. The van der Waals surface area contributed by atoms with Gasteiger partial charge in [-0.15, -0.1) is 0 Å². The van der Waals surface area contributed by atoms with Crippen LogP contribution in [0.4, 0.5) is 26.3 Å². The number of halogens is 6. The summed E-state index contributed by atoms with van der Waals surface area (Å²) in [4.78, 5) is 7.14. The van der Waals surface area contributed by atoms with Crippen LogP contribution in [0.5, 0.6) is 5.75 Å². The highest BCUT2D eigenvalue weighted by atomic mass is 19.4. The Hall–Kier alpha value is -3.83. The molecular formula is C20H12F6N4O2. The van der Waals surface area contributed by atoms with Gasteiger partial charge in [-0.25, -0.2) is 9.97 Å². The molecule has 32 heavy (non-hydrogen) atoms. The van der Waals surface area contributed by atoms with Crippen LogP contribution in [0.1, 0.15) is 11.4 Å². The van der Waals surface area contributed by atoms with Crippen LogP contribution in [-0.2, 0) is 12.4 Å². The molecule has 0 spiro atoms. The van der Waals surface area contributed by atoms with Crippen LogP contribution in [0.15, 0.2) is 59.2 Å². The molecule has 3 heterocycles. The van der Waals surface area contributed by atoms with Crippen molar-refractivity contribution in [3.63, 3.8) is 0 Å². The van der Waals surface area contributed by atoms with Gasteiger partial charge in [-0.2, -0.15) is 36.1 Å². The van der Waals surface area contributed by atoms with Crippen LogP contribution in [-0.4, -0.2) is 26.9 Å². The summed E-state index contributed by atoms with van der Waals surface area (Å²) < 4.78 is 91.6. The zero-order valence-corrected chi connectivity index (χ0v) is 16.1. The Morgan fingerprint density at radius 1 is 0.875 bits per heavy atom. The van der Waals surface area contributed by atoms with Crippen molar-refractivity contribution in [3.8, 4) is 34.4 Å². The van der Waals surface area contributed by atoms with Crippen LogP contribution in [0.3, 0.4) is 0 Å². The molecule has 0 amide bonds. The van der Waals surface area contributed by atoms with E-state index in [0.717, 1.165) is 0 Å². The Morgan fingerprint density at radius 2 is 1.59 bits per heavy atom. The van der Waals surface area contributed by atoms with Gasteiger partial charge < -0.3 is 9.15 Å². The average molecular weight is 454 g/mol. The van der Waals surface area contributed by atoms with Gasteiger partial charge in [0.05, 0.1) is 19.1 Å². The van der Waals surface area contributed by atoms with Crippen molar-refractivity contribution >= 4 is 0 Å². The molecule has 0 radical (unpaired) electrons. The van der Waals surface area contributed by atoms with Crippen LogP contribution in [0.2, 0.25) is 0 Å². The van der Waals surface area contributed by atoms with Crippen molar-refractivity contribution in [1.29, 1.82) is 0 Å². The molecule has 0 saturated heterocycles. The zero-order chi connectivity index (χ0) is 23.1. The van der Waals surface area contributed by atoms with Crippen molar-refractivity contribution < 1.29 is 35.5 Å². The first-order valence-corrected chi connectivity index (χ1v) is 8.88. The molecule has 4 rings (SSSR count). The summed E-state index contributed by atoms with van der Waals surface area (Å²) in [6.07, 6.45) is -8.69. The third-order valence-electron chi connectivity index (χ3n) is 4.35. The van der Waals surface area contributed by atoms with E-state index in [9.17, 15) is 26.3 Å². The van der Waals surface area contributed by atoms with Gasteiger partial charge in [0.15, 0.2) is 17.1 Å². The Labute approximate surface area is 176 Å². The van der Waals surface area contributed by atoms with Crippen molar-refractivity contribution in [3.05, 3.63) is 66.2 Å². The number of hydrogen-bond acceptors (Lipinski definition) is 5. The van der Waals surface area contributed by atoms with Gasteiger partial charge in [-0.3, -0.25) is 0 Å². The second-order valence-corrected chi connectivity index (χ2v) is 6.47. The van der Waals surface area contributed by atoms with E-state index < -0.39 is 29.7 Å². The summed E-state index contributed by atoms with van der Waals surface area (Å²) in [5.74, 6) is -0.512. The van der Waals surface area contributed by atoms with Gasteiger partial charge in [0.25, 0.3) is 5.95 Å². The predicted octanol–water partition coefficient (Wildman–Crippen LogP) is 5.64. The van der Waals surface area contributed by atoms with Gasteiger partial charge in [-0.05, 0) is 48.5 Å². The molecule has 0 atom stereocenters. The Kier molecular flexibility index (Phi) is 5.15. The molecule has 0 aliphatic rings. The fraction of sp³-hybridized carbons (Fsp3) is 0.150. The molecule has 0 N–H and O–H groups in total. The lowest BCUT2D eigenvalue weighted by Gasteiger charge is -2.12. The molecule has 0 aliphatic heterocycles. The molecule has 0 unspecified atom stereocenters. The molecular weight excluding hydrogens is 442 g/mol. The number of alkyl halides is 6. The summed E-state index contributed by atoms with van der Waals surface area (Å²) in [6, 6.07) is 9.97. The minimum absolute atomic E-state index is 0.0738. The van der Waals surface area contributed by atoms with Crippen LogP contribution >= 0.6 is 0 Å². The SMILES string of the molecule is COc1ccc(-c2cc(C(F)(F)F)n(-c3nc(-c4ccco4)cc(C(F)(F)F)n3)n2)cc1. The quantitative estimate of drug-likeness (QED) is 0.374. The largest absolute Gasteiger partial charge is 0.497 e. The normalized spacial score (nSPS) is 12.2. The Bertz CT molecular complexity index is 1230. The summed E-state index contributed by atoms with van der Waals surface area (Å²) in [7, 11) is 1.42. The van der Waals surface area contributed by atoms with E-state index in [2.05, 4.69) is 15.1 Å². The molecule has 0 fully saturated rings. The van der Waals surface area contributed by atoms with Crippen LogP contribution in [0, 0.1) is 0 Å². The lowest BCUT2D eigenvalue weighted by molar-refractivity contribution is -0.143. The third-order valence-corrected chi connectivity index (χ3v) is 4.35. The number of aromatic nitrogens is 4. The highest BCUT2D eigenvalue weighted by molar-refractivity contribution is 5.61. The number of hydrogen-bond donors (Lipinski definition) is 0. The van der Waals surface area contributed by atoms with Gasteiger partial charge in [-0.1, -0.05) is 0 Å². The van der Waals surface area contributed by atoms with Crippen molar-refractivity contribution in [2.75, 3.05) is 7.11 Å². The Morgan fingerprint density at radius 3 is 2.16 bits per heavy atom. The second kappa shape index (κ2) is 7.70. The average Bonchev–Trinajstić information content (AvgIpc) is 3.43. The molecule has 0 bridgehead atoms. The number of furan rings is 1. The standard InChI is InChI=1S/C20H12F6N4O2/c1-31-12-6-4-11(5-7-12)13-10-17(20(24,25)26)30(29-13)18-27-14(15-3-2-8-32-15)9-16(28-18)19(21,22)23/h2-10H,1H3. The first-order chi connectivity index (χ1) is 15.1. The van der Waals surface area contributed by atoms with Crippen molar-refractivity contribution in [1.82, 2.24) is 19.7 Å². The summed E-state index contributed by atoms with van der Waals surface area (Å²) in [6.45, 7) is 0. The number of ether oxygens (including phenoxy) is 1. The predicted molar refractivity (Wildman–Crippen MR) is 98.8 cm³/mol. The van der Waals surface area contributed by atoms with Gasteiger partial charge in [0, 0.05) is 5.56 Å². The van der Waals surface area contributed by atoms with Crippen LogP contribution in [0.25, 0.3) is 28.7 Å². The number of rotatable bonds is 4. The van der Waals surface area contributed by atoms with Gasteiger partial charge in [0.1, 0.15) is 11.4 Å². The monoisotopic (exact) mass is 454 g/mol. The molecule has 3 aromatic heterocycles. The Balaban J connectivity index is 1.91. The van der Waals surface area contributed by atoms with E-state index in [1.54, 1.807) is 0 Å². The minimum Gasteiger partial charge on any atom is -0.497 e. The first-order valence-electron chi connectivity index (χ1n) is 8.88. The van der Waals surface area contributed by atoms with E-state index in [-0.39, 0.29) is 27.4 Å². The highest BCUT2D eigenvalue weighted by Gasteiger charge is 2.39. The van der Waals surface area contributed by atoms with E-state index in [1.165, 1.54) is 49.8 Å². The minimum atomic E-state index is -4.94.